The van der Waals surface area contributed by atoms with Crippen molar-refractivity contribution < 1.29 is 24.2 Å². The molecule has 0 aliphatic carbocycles. The maximum atomic E-state index is 13.1. The van der Waals surface area contributed by atoms with Gasteiger partial charge in [0, 0.05) is 32.2 Å². The lowest BCUT2D eigenvalue weighted by Crippen LogP contribution is -2.51. The average Bonchev–Trinajstić information content (AvgIpc) is 2.69. The fourth-order valence-electron chi connectivity index (χ4n) is 3.93. The van der Waals surface area contributed by atoms with Crippen LogP contribution in [-0.2, 0) is 16.1 Å². The van der Waals surface area contributed by atoms with Gasteiger partial charge < -0.3 is 15.1 Å². The van der Waals surface area contributed by atoms with Crippen LogP contribution >= 0.6 is 0 Å². The molecule has 0 radical (unpaired) electrons. The van der Waals surface area contributed by atoms with Crippen LogP contribution in [0.15, 0.2) is 40.5 Å². The minimum Gasteiger partial charge on any atom is -0.477 e. The van der Waals surface area contributed by atoms with Gasteiger partial charge in [-0.1, -0.05) is 26.0 Å². The van der Waals surface area contributed by atoms with E-state index < -0.39 is 11.9 Å². The molecule has 2 N–H and O–H groups in total. The SMILES string of the molecule is CC(C)C1=C(C(=O)O)N=C(C(=O)O)N(C2CCN(Cc3ccc(F)cc3)CC2)C1. The van der Waals surface area contributed by atoms with E-state index in [0.29, 0.717) is 12.1 Å². The average molecular weight is 403 g/mol. The van der Waals surface area contributed by atoms with Crippen molar-refractivity contribution >= 4 is 17.8 Å². The molecule has 1 fully saturated rings. The van der Waals surface area contributed by atoms with Crippen LogP contribution in [0.1, 0.15) is 32.3 Å². The molecular formula is C21H26FN3O4. The van der Waals surface area contributed by atoms with Crippen molar-refractivity contribution in [3.8, 4) is 0 Å². The fourth-order valence-corrected chi connectivity index (χ4v) is 3.93. The molecule has 0 bridgehead atoms. The van der Waals surface area contributed by atoms with E-state index in [0.717, 1.165) is 31.5 Å². The van der Waals surface area contributed by atoms with E-state index in [-0.39, 0.29) is 35.9 Å². The molecule has 2 heterocycles. The second-order valence-corrected chi connectivity index (χ2v) is 7.84. The molecule has 0 unspecified atom stereocenters. The van der Waals surface area contributed by atoms with Crippen LogP contribution in [0.5, 0.6) is 0 Å². The van der Waals surface area contributed by atoms with Gasteiger partial charge in [0.15, 0.2) is 5.70 Å². The number of nitrogens with zero attached hydrogens (tertiary/aromatic N) is 3. The molecule has 0 amide bonds. The largest absolute Gasteiger partial charge is 0.477 e. The predicted molar refractivity (Wildman–Crippen MR) is 106 cm³/mol. The highest BCUT2D eigenvalue weighted by molar-refractivity contribution is 6.35. The van der Waals surface area contributed by atoms with Crippen molar-refractivity contribution in [1.82, 2.24) is 9.80 Å². The van der Waals surface area contributed by atoms with Gasteiger partial charge in [-0.25, -0.2) is 19.0 Å². The third-order valence-electron chi connectivity index (χ3n) is 5.54. The van der Waals surface area contributed by atoms with Crippen LogP contribution in [0.3, 0.4) is 0 Å². The number of rotatable bonds is 6. The number of amidine groups is 1. The smallest absolute Gasteiger partial charge is 0.371 e. The lowest BCUT2D eigenvalue weighted by atomic mass is 9.95. The molecule has 0 saturated carbocycles. The molecule has 0 spiro atoms. The minimum absolute atomic E-state index is 0.0154. The van der Waals surface area contributed by atoms with E-state index in [1.165, 1.54) is 12.1 Å². The zero-order chi connectivity index (χ0) is 21.1. The van der Waals surface area contributed by atoms with Crippen molar-refractivity contribution in [1.29, 1.82) is 0 Å². The van der Waals surface area contributed by atoms with Crippen molar-refractivity contribution in [2.24, 2.45) is 10.9 Å². The summed E-state index contributed by atoms with van der Waals surface area (Å²) in [6.07, 6.45) is 1.50. The van der Waals surface area contributed by atoms with Gasteiger partial charge in [0.1, 0.15) is 5.82 Å². The topological polar surface area (TPSA) is 93.4 Å². The maximum Gasteiger partial charge on any atom is 0.371 e. The first-order chi connectivity index (χ1) is 13.8. The van der Waals surface area contributed by atoms with Crippen LogP contribution in [-0.4, -0.2) is 63.5 Å². The Morgan fingerprint density at radius 1 is 1.14 bits per heavy atom. The van der Waals surface area contributed by atoms with Gasteiger partial charge in [0.2, 0.25) is 5.84 Å². The summed E-state index contributed by atoms with van der Waals surface area (Å²) in [6.45, 7) is 6.32. The van der Waals surface area contributed by atoms with Crippen LogP contribution in [0.25, 0.3) is 0 Å². The van der Waals surface area contributed by atoms with E-state index in [1.807, 2.05) is 13.8 Å². The number of carbonyl (C=O) groups is 2. The summed E-state index contributed by atoms with van der Waals surface area (Å²) in [5.41, 5.74) is 1.53. The van der Waals surface area contributed by atoms with Crippen molar-refractivity contribution in [3.63, 3.8) is 0 Å². The van der Waals surface area contributed by atoms with Crippen LogP contribution in [0.2, 0.25) is 0 Å². The molecular weight excluding hydrogens is 377 g/mol. The Balaban J connectivity index is 1.70. The Morgan fingerprint density at radius 2 is 1.76 bits per heavy atom. The second-order valence-electron chi connectivity index (χ2n) is 7.84. The van der Waals surface area contributed by atoms with Crippen molar-refractivity contribution in [2.75, 3.05) is 19.6 Å². The third-order valence-corrected chi connectivity index (χ3v) is 5.54. The van der Waals surface area contributed by atoms with Gasteiger partial charge in [-0.2, -0.15) is 0 Å². The molecule has 1 saturated heterocycles. The number of aliphatic imine (C=N–C) groups is 1. The third kappa shape index (κ3) is 4.82. The quantitative estimate of drug-likeness (QED) is 0.758. The van der Waals surface area contributed by atoms with E-state index in [2.05, 4.69) is 9.89 Å². The molecule has 2 aliphatic heterocycles. The molecule has 29 heavy (non-hydrogen) atoms. The zero-order valence-corrected chi connectivity index (χ0v) is 16.6. The first-order valence-corrected chi connectivity index (χ1v) is 9.78. The first-order valence-electron chi connectivity index (χ1n) is 9.78. The fraction of sp³-hybridized carbons (Fsp3) is 0.476. The van der Waals surface area contributed by atoms with Crippen molar-refractivity contribution in [3.05, 3.63) is 46.9 Å². The number of piperidine rings is 1. The molecule has 0 aromatic heterocycles. The van der Waals surface area contributed by atoms with Gasteiger partial charge in [-0.3, -0.25) is 4.90 Å². The number of halogens is 1. The highest BCUT2D eigenvalue weighted by Crippen LogP contribution is 2.28. The summed E-state index contributed by atoms with van der Waals surface area (Å²) in [7, 11) is 0. The molecule has 156 valence electrons. The van der Waals surface area contributed by atoms with Gasteiger partial charge in [-0.05, 0) is 42.0 Å². The highest BCUT2D eigenvalue weighted by atomic mass is 19.1. The van der Waals surface area contributed by atoms with Gasteiger partial charge in [0.05, 0.1) is 0 Å². The number of benzene rings is 1. The van der Waals surface area contributed by atoms with Crippen LogP contribution in [0, 0.1) is 11.7 Å². The molecule has 3 rings (SSSR count). The number of carboxylic acid groups (broad SMARTS) is 2. The highest BCUT2D eigenvalue weighted by Gasteiger charge is 2.35. The Hall–Kier alpha value is -2.74. The zero-order valence-electron chi connectivity index (χ0n) is 16.6. The number of carboxylic acids is 2. The maximum absolute atomic E-state index is 13.1. The second kappa shape index (κ2) is 8.73. The number of aliphatic carboxylic acids is 2. The van der Waals surface area contributed by atoms with E-state index in [9.17, 15) is 24.2 Å². The standard InChI is InChI=1S/C21H26FN3O4/c1-13(2)17-12-25(19(21(28)29)23-18(17)20(26)27)16-7-9-24(10-8-16)11-14-3-5-15(22)6-4-14/h3-6,13,16H,7-12H2,1-2H3,(H,26,27)(H,28,29). The monoisotopic (exact) mass is 403 g/mol. The Morgan fingerprint density at radius 3 is 2.28 bits per heavy atom. The van der Waals surface area contributed by atoms with E-state index in [1.54, 1.807) is 17.0 Å². The molecule has 0 atom stereocenters. The molecule has 1 aromatic rings. The lowest BCUT2D eigenvalue weighted by molar-refractivity contribution is -0.132. The van der Waals surface area contributed by atoms with Crippen LogP contribution < -0.4 is 0 Å². The lowest BCUT2D eigenvalue weighted by Gasteiger charge is -2.41. The molecule has 1 aromatic carbocycles. The van der Waals surface area contributed by atoms with E-state index >= 15 is 0 Å². The Kier molecular flexibility index (Phi) is 6.32. The number of hydrogen-bond acceptors (Lipinski definition) is 5. The van der Waals surface area contributed by atoms with Gasteiger partial charge in [0.25, 0.3) is 0 Å². The predicted octanol–water partition coefficient (Wildman–Crippen LogP) is 2.58. The summed E-state index contributed by atoms with van der Waals surface area (Å²) in [6, 6.07) is 6.43. The molecule has 2 aliphatic rings. The summed E-state index contributed by atoms with van der Waals surface area (Å²) in [5.74, 6) is -2.89. The minimum atomic E-state index is -1.21. The summed E-state index contributed by atoms with van der Waals surface area (Å²) in [4.78, 5) is 31.3. The van der Waals surface area contributed by atoms with Crippen LogP contribution in [0.4, 0.5) is 4.39 Å². The first kappa shape index (κ1) is 21.0. The van der Waals surface area contributed by atoms with Gasteiger partial charge in [-0.15, -0.1) is 0 Å². The number of likely N-dealkylation sites (tertiary alicyclic amines) is 1. The van der Waals surface area contributed by atoms with Crippen molar-refractivity contribution in [2.45, 2.75) is 39.3 Å². The normalized spacial score (nSPS) is 18.9. The molecule has 8 heteroatoms. The Labute approximate surface area is 169 Å². The Bertz CT molecular complexity index is 840. The van der Waals surface area contributed by atoms with Gasteiger partial charge >= 0.3 is 11.9 Å². The molecule has 7 nitrogen and oxygen atoms in total. The summed E-state index contributed by atoms with van der Waals surface area (Å²) >= 11 is 0. The number of hydrogen-bond donors (Lipinski definition) is 2. The van der Waals surface area contributed by atoms with E-state index in [4.69, 9.17) is 0 Å². The summed E-state index contributed by atoms with van der Waals surface area (Å²) in [5, 5.41) is 19.0. The summed E-state index contributed by atoms with van der Waals surface area (Å²) < 4.78 is 13.1.